The van der Waals surface area contributed by atoms with Gasteiger partial charge >= 0.3 is 6.18 Å². The SMILES string of the molecule is Cc1cccc2c1CSc1c(Cl)cccc1[C@H]2N1CN([C@H](C)C(F)(F)F)C(=O)C2C(O)C(=O)C=CN21. The number of benzene rings is 2. The topological polar surface area (TPSA) is 64.1 Å². The molecular weight excluding hydrogens is 515 g/mol. The zero-order valence-electron chi connectivity index (χ0n) is 19.4. The maximum Gasteiger partial charge on any atom is 0.408 e. The Morgan fingerprint density at radius 1 is 1.14 bits per heavy atom. The lowest BCUT2D eigenvalue weighted by Crippen LogP contribution is -2.70. The summed E-state index contributed by atoms with van der Waals surface area (Å²) in [6.07, 6.45) is -3.99. The molecule has 0 saturated carbocycles. The minimum atomic E-state index is -4.70. The molecule has 2 aromatic rings. The predicted molar refractivity (Wildman–Crippen MR) is 129 cm³/mol. The van der Waals surface area contributed by atoms with Crippen LogP contribution in [0.5, 0.6) is 0 Å². The van der Waals surface area contributed by atoms with Crippen molar-refractivity contribution in [2.45, 2.75) is 54.9 Å². The summed E-state index contributed by atoms with van der Waals surface area (Å²) < 4.78 is 41.5. The molecule has 0 spiro atoms. The molecular formula is C25H23ClF3N3O3S. The van der Waals surface area contributed by atoms with Gasteiger partial charge in [-0.1, -0.05) is 41.9 Å². The number of halogens is 4. The fraction of sp³-hybridized carbons (Fsp3) is 0.360. The van der Waals surface area contributed by atoms with Gasteiger partial charge in [0.15, 0.2) is 11.8 Å². The maximum absolute atomic E-state index is 13.8. The van der Waals surface area contributed by atoms with Crippen LogP contribution in [0.25, 0.3) is 0 Å². The number of ketones is 1. The molecule has 6 nitrogen and oxygen atoms in total. The molecule has 2 unspecified atom stereocenters. The van der Waals surface area contributed by atoms with Crippen LogP contribution < -0.4 is 0 Å². The van der Waals surface area contributed by atoms with Gasteiger partial charge in [-0.25, -0.2) is 0 Å². The van der Waals surface area contributed by atoms with Crippen molar-refractivity contribution in [1.29, 1.82) is 0 Å². The Labute approximate surface area is 215 Å². The first-order valence-electron chi connectivity index (χ1n) is 11.3. The van der Waals surface area contributed by atoms with Gasteiger partial charge in [0.2, 0.25) is 0 Å². The fourth-order valence-electron chi connectivity index (χ4n) is 5.01. The Morgan fingerprint density at radius 3 is 2.56 bits per heavy atom. The highest BCUT2D eigenvalue weighted by molar-refractivity contribution is 7.98. The fourth-order valence-corrected chi connectivity index (χ4v) is 6.59. The van der Waals surface area contributed by atoms with Crippen LogP contribution in [0.3, 0.4) is 0 Å². The molecule has 11 heteroatoms. The average molecular weight is 538 g/mol. The summed E-state index contributed by atoms with van der Waals surface area (Å²) in [7, 11) is 0. The number of hydrogen-bond donors (Lipinski definition) is 1. The lowest BCUT2D eigenvalue weighted by Gasteiger charge is -2.53. The van der Waals surface area contributed by atoms with Crippen LogP contribution in [0.1, 0.15) is 35.2 Å². The van der Waals surface area contributed by atoms with Gasteiger partial charge < -0.3 is 10.0 Å². The number of rotatable bonds is 2. The number of alkyl halides is 3. The number of hydrazine groups is 1. The molecule has 0 bridgehead atoms. The first-order valence-corrected chi connectivity index (χ1v) is 12.7. The number of aliphatic hydroxyl groups is 1. The smallest absolute Gasteiger partial charge is 0.382 e. The van der Waals surface area contributed by atoms with Crippen LogP contribution in [0.2, 0.25) is 5.02 Å². The van der Waals surface area contributed by atoms with Gasteiger partial charge in [0, 0.05) is 22.9 Å². The van der Waals surface area contributed by atoms with Crippen LogP contribution in [-0.2, 0) is 15.3 Å². The van der Waals surface area contributed by atoms with Crippen molar-refractivity contribution in [3.63, 3.8) is 0 Å². The van der Waals surface area contributed by atoms with Crippen molar-refractivity contribution in [2.24, 2.45) is 0 Å². The van der Waals surface area contributed by atoms with E-state index in [9.17, 15) is 27.9 Å². The second-order valence-corrected chi connectivity index (χ2v) is 10.5. The zero-order valence-corrected chi connectivity index (χ0v) is 20.9. The number of aliphatic hydroxyl groups excluding tert-OH is 1. The number of nitrogens with zero attached hydrogens (tertiary/aromatic N) is 3. The second kappa shape index (κ2) is 9.09. The molecule has 3 aliphatic rings. The molecule has 1 N–H and O–H groups in total. The Morgan fingerprint density at radius 2 is 1.83 bits per heavy atom. The van der Waals surface area contributed by atoms with Crippen molar-refractivity contribution in [1.82, 2.24) is 14.9 Å². The summed E-state index contributed by atoms with van der Waals surface area (Å²) in [6.45, 7) is 2.47. The summed E-state index contributed by atoms with van der Waals surface area (Å²) in [5.74, 6) is -1.09. The van der Waals surface area contributed by atoms with E-state index in [1.165, 1.54) is 11.2 Å². The Kier molecular flexibility index (Phi) is 6.35. The molecule has 0 aliphatic carbocycles. The van der Waals surface area contributed by atoms with Gasteiger partial charge in [0.1, 0.15) is 12.1 Å². The number of carbonyl (C=O) groups excluding carboxylic acids is 2. The Bertz CT molecular complexity index is 1220. The molecule has 1 amide bonds. The normalized spacial score (nSPS) is 25.2. The lowest BCUT2D eigenvalue weighted by atomic mass is 9.91. The second-order valence-electron chi connectivity index (χ2n) is 9.09. The van der Waals surface area contributed by atoms with E-state index < -0.39 is 48.8 Å². The number of aryl methyl sites for hydroxylation is 1. The number of hydrogen-bond acceptors (Lipinski definition) is 6. The number of carbonyl (C=O) groups is 2. The van der Waals surface area contributed by atoms with E-state index in [1.807, 2.05) is 31.2 Å². The third-order valence-electron chi connectivity index (χ3n) is 7.03. The van der Waals surface area contributed by atoms with Gasteiger partial charge in [0.05, 0.1) is 17.7 Å². The highest BCUT2D eigenvalue weighted by Crippen LogP contribution is 2.47. The van der Waals surface area contributed by atoms with Crippen LogP contribution in [-0.4, -0.2) is 62.7 Å². The van der Waals surface area contributed by atoms with Gasteiger partial charge in [0.25, 0.3) is 5.91 Å². The third-order valence-corrected chi connectivity index (χ3v) is 8.63. The van der Waals surface area contributed by atoms with E-state index in [1.54, 1.807) is 28.9 Å². The molecule has 190 valence electrons. The molecule has 1 saturated heterocycles. The van der Waals surface area contributed by atoms with E-state index in [0.29, 0.717) is 15.7 Å². The highest BCUT2D eigenvalue weighted by Gasteiger charge is 2.53. The summed E-state index contributed by atoms with van der Waals surface area (Å²) >= 11 is 8.12. The van der Waals surface area contributed by atoms with Crippen molar-refractivity contribution in [3.8, 4) is 0 Å². The summed E-state index contributed by atoms with van der Waals surface area (Å²) in [5, 5.41) is 14.2. The molecule has 1 fully saturated rings. The largest absolute Gasteiger partial charge is 0.408 e. The average Bonchev–Trinajstić information content (AvgIpc) is 2.99. The predicted octanol–water partition coefficient (Wildman–Crippen LogP) is 4.44. The zero-order chi connectivity index (χ0) is 25.9. The van der Waals surface area contributed by atoms with E-state index in [2.05, 4.69) is 0 Å². The maximum atomic E-state index is 13.8. The van der Waals surface area contributed by atoms with Crippen molar-refractivity contribution in [3.05, 3.63) is 76.0 Å². The van der Waals surface area contributed by atoms with E-state index in [4.69, 9.17) is 11.6 Å². The number of amides is 1. The molecule has 3 heterocycles. The van der Waals surface area contributed by atoms with Gasteiger partial charge in [-0.3, -0.25) is 14.6 Å². The van der Waals surface area contributed by atoms with Crippen molar-refractivity contribution >= 4 is 35.1 Å². The van der Waals surface area contributed by atoms with Crippen LogP contribution >= 0.6 is 23.4 Å². The Hall–Kier alpha value is -2.53. The lowest BCUT2D eigenvalue weighted by molar-refractivity contribution is -0.222. The standard InChI is InChI=1S/C25H23ClF3N3O3S/c1-13-5-3-6-15-17(13)11-36-23-16(7-4-8-18(23)26)20(15)32-12-30(14(2)25(27,28)29)24(35)21-22(34)19(33)9-10-31(21)32/h3-10,14,20-22,34H,11-12H2,1-2H3/t14-,20+,21?,22?/m1/s1. The minimum Gasteiger partial charge on any atom is -0.382 e. The van der Waals surface area contributed by atoms with E-state index in [-0.39, 0.29) is 0 Å². The highest BCUT2D eigenvalue weighted by atomic mass is 35.5. The molecule has 36 heavy (non-hydrogen) atoms. The van der Waals surface area contributed by atoms with Gasteiger partial charge in [-0.2, -0.15) is 18.2 Å². The Balaban J connectivity index is 1.73. The third kappa shape index (κ3) is 4.00. The van der Waals surface area contributed by atoms with E-state index >= 15 is 0 Å². The first kappa shape index (κ1) is 25.1. The van der Waals surface area contributed by atoms with Crippen molar-refractivity contribution in [2.75, 3.05) is 6.67 Å². The minimum absolute atomic E-state index is 0.407. The van der Waals surface area contributed by atoms with Crippen LogP contribution in [0.15, 0.2) is 53.6 Å². The molecule has 4 atom stereocenters. The number of fused-ring (bicyclic) bond motifs is 3. The monoisotopic (exact) mass is 537 g/mol. The number of thioether (sulfide) groups is 1. The summed E-state index contributed by atoms with van der Waals surface area (Å²) in [6, 6.07) is 6.90. The van der Waals surface area contributed by atoms with Gasteiger partial charge in [-0.05, 0) is 42.2 Å². The molecule has 3 aliphatic heterocycles. The van der Waals surface area contributed by atoms with E-state index in [0.717, 1.165) is 40.1 Å². The summed E-state index contributed by atoms with van der Waals surface area (Å²) in [4.78, 5) is 27.1. The molecule has 0 radical (unpaired) electrons. The molecule has 5 rings (SSSR count). The van der Waals surface area contributed by atoms with Crippen molar-refractivity contribution < 1.29 is 27.9 Å². The van der Waals surface area contributed by atoms with Gasteiger partial charge in [-0.15, -0.1) is 11.8 Å². The molecule has 2 aromatic carbocycles. The summed E-state index contributed by atoms with van der Waals surface area (Å²) in [5.41, 5.74) is 3.66. The first-order chi connectivity index (χ1) is 17.0. The quantitative estimate of drug-likeness (QED) is 0.611. The van der Waals surface area contributed by atoms with Crippen LogP contribution in [0.4, 0.5) is 13.2 Å². The van der Waals surface area contributed by atoms with Crippen LogP contribution in [0, 0.1) is 6.92 Å². The molecule has 0 aromatic heterocycles.